The van der Waals surface area contributed by atoms with E-state index in [1.54, 1.807) is 0 Å². The fourth-order valence-corrected chi connectivity index (χ4v) is 2.85. The highest BCUT2D eigenvalue weighted by molar-refractivity contribution is 4.89. The zero-order chi connectivity index (χ0) is 12.2. The lowest BCUT2D eigenvalue weighted by atomic mass is 9.85. The van der Waals surface area contributed by atoms with Crippen LogP contribution in [0.25, 0.3) is 0 Å². The fraction of sp³-hybridized carbons (Fsp3) is 1.00. The Balaban J connectivity index is 2.54. The van der Waals surface area contributed by atoms with Crippen molar-refractivity contribution in [2.45, 2.75) is 52.1 Å². The van der Waals surface area contributed by atoms with E-state index >= 15 is 0 Å². The lowest BCUT2D eigenvalue weighted by Crippen LogP contribution is -2.46. The van der Waals surface area contributed by atoms with Crippen LogP contribution >= 0.6 is 0 Å². The van der Waals surface area contributed by atoms with Gasteiger partial charge in [0.2, 0.25) is 0 Å². The van der Waals surface area contributed by atoms with Crippen molar-refractivity contribution in [3.8, 4) is 0 Å². The molecule has 0 spiro atoms. The first-order valence-electron chi connectivity index (χ1n) is 6.56. The van der Waals surface area contributed by atoms with E-state index in [1.165, 1.54) is 25.7 Å². The highest BCUT2D eigenvalue weighted by Gasteiger charge is 2.34. The average molecular weight is 228 g/mol. The highest BCUT2D eigenvalue weighted by atomic mass is 16.3. The summed E-state index contributed by atoms with van der Waals surface area (Å²) in [4.78, 5) is 2.35. The van der Waals surface area contributed by atoms with Crippen molar-refractivity contribution in [2.24, 2.45) is 11.1 Å². The lowest BCUT2D eigenvalue weighted by Gasteiger charge is -2.36. The molecule has 0 aromatic heterocycles. The summed E-state index contributed by atoms with van der Waals surface area (Å²) in [5.74, 6) is 0. The Morgan fingerprint density at radius 2 is 1.88 bits per heavy atom. The molecule has 0 radical (unpaired) electrons. The fourth-order valence-electron chi connectivity index (χ4n) is 2.85. The Bertz CT molecular complexity index is 204. The van der Waals surface area contributed by atoms with E-state index in [-0.39, 0.29) is 0 Å². The maximum absolute atomic E-state index is 9.88. The van der Waals surface area contributed by atoms with Crippen molar-refractivity contribution >= 4 is 0 Å². The third-order valence-corrected chi connectivity index (χ3v) is 3.71. The molecule has 0 bridgehead atoms. The largest absolute Gasteiger partial charge is 0.389 e. The van der Waals surface area contributed by atoms with Crippen molar-refractivity contribution in [1.82, 2.24) is 4.90 Å². The molecule has 0 saturated heterocycles. The normalized spacial score (nSPS) is 20.6. The van der Waals surface area contributed by atoms with Crippen LogP contribution in [0.1, 0.15) is 46.5 Å². The summed E-state index contributed by atoms with van der Waals surface area (Å²) in [5, 5.41) is 9.88. The molecule has 1 fully saturated rings. The third-order valence-electron chi connectivity index (χ3n) is 3.71. The first-order valence-corrected chi connectivity index (χ1v) is 6.56. The summed E-state index contributed by atoms with van der Waals surface area (Å²) >= 11 is 0. The van der Waals surface area contributed by atoms with Gasteiger partial charge in [0.05, 0.1) is 5.60 Å². The SMILES string of the molecule is CCN(CC(C)(C)O)CC1(CN)CCCC1. The number of rotatable bonds is 6. The Kier molecular flexibility index (Phi) is 4.77. The van der Waals surface area contributed by atoms with E-state index in [4.69, 9.17) is 5.73 Å². The van der Waals surface area contributed by atoms with Gasteiger partial charge in [-0.2, -0.15) is 0 Å². The van der Waals surface area contributed by atoms with Gasteiger partial charge >= 0.3 is 0 Å². The first kappa shape index (κ1) is 13.9. The highest BCUT2D eigenvalue weighted by Crippen LogP contribution is 2.37. The molecule has 0 aromatic carbocycles. The molecule has 1 saturated carbocycles. The van der Waals surface area contributed by atoms with Gasteiger partial charge in [-0.1, -0.05) is 19.8 Å². The molecule has 0 aromatic rings. The van der Waals surface area contributed by atoms with Gasteiger partial charge < -0.3 is 15.7 Å². The topological polar surface area (TPSA) is 49.5 Å². The molecule has 3 heteroatoms. The first-order chi connectivity index (χ1) is 7.41. The number of likely N-dealkylation sites (N-methyl/N-ethyl adjacent to an activating group) is 1. The second-order valence-corrected chi connectivity index (χ2v) is 6.03. The predicted octanol–water partition coefficient (Wildman–Crippen LogP) is 1.60. The van der Waals surface area contributed by atoms with E-state index in [0.29, 0.717) is 5.41 Å². The Labute approximate surface area is 100 Å². The van der Waals surface area contributed by atoms with Gasteiger partial charge in [-0.25, -0.2) is 0 Å². The van der Waals surface area contributed by atoms with E-state index in [0.717, 1.165) is 26.2 Å². The minimum absolute atomic E-state index is 0.321. The van der Waals surface area contributed by atoms with Crippen molar-refractivity contribution in [2.75, 3.05) is 26.2 Å². The van der Waals surface area contributed by atoms with Crippen molar-refractivity contribution < 1.29 is 5.11 Å². The second kappa shape index (κ2) is 5.48. The summed E-state index contributed by atoms with van der Waals surface area (Å²) in [6, 6.07) is 0. The van der Waals surface area contributed by atoms with Crippen LogP contribution in [-0.4, -0.2) is 41.8 Å². The zero-order valence-electron chi connectivity index (χ0n) is 11.1. The van der Waals surface area contributed by atoms with Crippen LogP contribution in [0.3, 0.4) is 0 Å². The smallest absolute Gasteiger partial charge is 0.0718 e. The van der Waals surface area contributed by atoms with Gasteiger partial charge in [0.15, 0.2) is 0 Å². The van der Waals surface area contributed by atoms with E-state index < -0.39 is 5.60 Å². The summed E-state index contributed by atoms with van der Waals surface area (Å²) in [6.07, 6.45) is 5.15. The van der Waals surface area contributed by atoms with Crippen molar-refractivity contribution in [3.63, 3.8) is 0 Å². The van der Waals surface area contributed by atoms with Gasteiger partial charge in [0, 0.05) is 13.1 Å². The zero-order valence-corrected chi connectivity index (χ0v) is 11.1. The number of hydrogen-bond donors (Lipinski definition) is 2. The predicted molar refractivity (Wildman–Crippen MR) is 68.4 cm³/mol. The van der Waals surface area contributed by atoms with Crippen LogP contribution in [0.5, 0.6) is 0 Å². The average Bonchev–Trinajstić information content (AvgIpc) is 2.64. The second-order valence-electron chi connectivity index (χ2n) is 6.03. The quantitative estimate of drug-likeness (QED) is 0.726. The number of nitrogens with two attached hydrogens (primary N) is 1. The summed E-state index contributed by atoms with van der Waals surface area (Å²) in [7, 11) is 0. The van der Waals surface area contributed by atoms with Crippen molar-refractivity contribution in [3.05, 3.63) is 0 Å². The maximum Gasteiger partial charge on any atom is 0.0718 e. The number of aliphatic hydroxyl groups is 1. The minimum atomic E-state index is -0.607. The molecule has 0 amide bonds. The molecule has 3 N–H and O–H groups in total. The summed E-state index contributed by atoms with van der Waals surface area (Å²) in [6.45, 7) is 9.47. The molecular formula is C13H28N2O. The Hall–Kier alpha value is -0.120. The third kappa shape index (κ3) is 4.04. The molecule has 1 rings (SSSR count). The Morgan fingerprint density at radius 3 is 2.25 bits per heavy atom. The molecule has 16 heavy (non-hydrogen) atoms. The van der Waals surface area contributed by atoms with Crippen LogP contribution in [0.15, 0.2) is 0 Å². The summed E-state index contributed by atoms with van der Waals surface area (Å²) in [5.41, 5.74) is 5.66. The molecule has 1 aliphatic carbocycles. The minimum Gasteiger partial charge on any atom is -0.389 e. The molecule has 0 heterocycles. The molecule has 96 valence electrons. The Morgan fingerprint density at radius 1 is 1.31 bits per heavy atom. The molecule has 1 aliphatic rings. The van der Waals surface area contributed by atoms with Crippen LogP contribution in [0.4, 0.5) is 0 Å². The standard InChI is InChI=1S/C13H28N2O/c1-4-15(10-12(2,3)16)11-13(9-14)7-5-6-8-13/h16H,4-11,14H2,1-3H3. The van der Waals surface area contributed by atoms with Crippen LogP contribution in [0.2, 0.25) is 0 Å². The lowest BCUT2D eigenvalue weighted by molar-refractivity contribution is 0.0233. The van der Waals surface area contributed by atoms with Gasteiger partial charge in [0.25, 0.3) is 0 Å². The molecular weight excluding hydrogens is 200 g/mol. The van der Waals surface area contributed by atoms with Crippen LogP contribution < -0.4 is 5.73 Å². The van der Waals surface area contributed by atoms with E-state index in [1.807, 2.05) is 13.8 Å². The van der Waals surface area contributed by atoms with Gasteiger partial charge in [-0.05, 0) is 45.2 Å². The van der Waals surface area contributed by atoms with Gasteiger partial charge in [0.1, 0.15) is 0 Å². The van der Waals surface area contributed by atoms with Crippen molar-refractivity contribution in [1.29, 1.82) is 0 Å². The van der Waals surface area contributed by atoms with E-state index in [2.05, 4.69) is 11.8 Å². The van der Waals surface area contributed by atoms with Crippen LogP contribution in [-0.2, 0) is 0 Å². The molecule has 3 nitrogen and oxygen atoms in total. The molecule has 0 atom stereocenters. The van der Waals surface area contributed by atoms with Crippen LogP contribution in [0, 0.1) is 5.41 Å². The van der Waals surface area contributed by atoms with Gasteiger partial charge in [-0.15, -0.1) is 0 Å². The van der Waals surface area contributed by atoms with E-state index in [9.17, 15) is 5.11 Å². The molecule has 0 unspecified atom stereocenters. The monoisotopic (exact) mass is 228 g/mol. The molecule has 0 aliphatic heterocycles. The number of hydrogen-bond acceptors (Lipinski definition) is 3. The van der Waals surface area contributed by atoms with Gasteiger partial charge in [-0.3, -0.25) is 0 Å². The number of nitrogens with zero attached hydrogens (tertiary/aromatic N) is 1. The maximum atomic E-state index is 9.88. The summed E-state index contributed by atoms with van der Waals surface area (Å²) < 4.78 is 0.